The molecule has 3 atom stereocenters. The number of carbonyl (C=O) groups excluding carboxylic acids is 3. The van der Waals surface area contributed by atoms with Crippen LogP contribution in [0.5, 0.6) is 0 Å². The Hall–Kier alpha value is -1.63. The Kier molecular flexibility index (Phi) is 6.44. The van der Waals surface area contributed by atoms with Crippen molar-refractivity contribution in [3.05, 3.63) is 0 Å². The number of hydrogen-bond acceptors (Lipinski definition) is 5. The summed E-state index contributed by atoms with van der Waals surface area (Å²) in [5.41, 5.74) is 5.30. The van der Waals surface area contributed by atoms with Crippen molar-refractivity contribution in [2.75, 3.05) is 19.8 Å². The summed E-state index contributed by atoms with van der Waals surface area (Å²) in [6.45, 7) is 4.55. The molecular weight excluding hydrogens is 264 g/mol. The van der Waals surface area contributed by atoms with E-state index in [9.17, 15) is 14.4 Å². The van der Waals surface area contributed by atoms with Crippen LogP contribution >= 0.6 is 0 Å². The van der Waals surface area contributed by atoms with Gasteiger partial charge in [-0.3, -0.25) is 14.4 Å². The number of amides is 2. The van der Waals surface area contributed by atoms with Gasteiger partial charge in [-0.1, -0.05) is 6.92 Å². The topological polar surface area (TPSA) is 108 Å². The number of carbonyl (C=O) groups is 3. The first-order chi connectivity index (χ1) is 9.45. The molecule has 0 saturated carbocycles. The molecule has 20 heavy (non-hydrogen) atoms. The van der Waals surface area contributed by atoms with Crippen LogP contribution in [0, 0.1) is 11.8 Å². The molecule has 3 N–H and O–H groups in total. The summed E-state index contributed by atoms with van der Waals surface area (Å²) in [4.78, 5) is 34.8. The molecule has 2 amide bonds. The van der Waals surface area contributed by atoms with E-state index in [1.165, 1.54) is 0 Å². The molecule has 0 aromatic heterocycles. The zero-order valence-corrected chi connectivity index (χ0v) is 11.9. The quantitative estimate of drug-likeness (QED) is 0.618. The Balaban J connectivity index is 2.56. The van der Waals surface area contributed by atoms with Crippen molar-refractivity contribution in [2.24, 2.45) is 17.6 Å². The fraction of sp³-hybridized carbons (Fsp3) is 0.769. The van der Waals surface area contributed by atoms with E-state index in [0.717, 1.165) is 0 Å². The van der Waals surface area contributed by atoms with E-state index in [1.807, 2.05) is 0 Å². The maximum atomic E-state index is 12.0. The third-order valence-corrected chi connectivity index (χ3v) is 3.27. The Morgan fingerprint density at radius 2 is 2.15 bits per heavy atom. The number of primary amides is 1. The SMILES string of the molecule is CCOC(=O)C[C@@H](C)[C@@H](NC(=O)[C@H]1CCOC1)C(N)=O. The van der Waals surface area contributed by atoms with Gasteiger partial charge in [0.15, 0.2) is 0 Å². The highest BCUT2D eigenvalue weighted by molar-refractivity contribution is 5.88. The standard InChI is InChI=1S/C13H22N2O5/c1-3-20-10(16)6-8(2)11(12(14)17)15-13(18)9-4-5-19-7-9/h8-9,11H,3-7H2,1-2H3,(H2,14,17)(H,15,18)/t8-,9+,11-/m1/s1. The molecule has 0 radical (unpaired) electrons. The molecule has 0 aliphatic carbocycles. The molecule has 1 heterocycles. The highest BCUT2D eigenvalue weighted by atomic mass is 16.5. The number of nitrogens with one attached hydrogen (secondary N) is 1. The van der Waals surface area contributed by atoms with Crippen LogP contribution in [0.2, 0.25) is 0 Å². The fourth-order valence-corrected chi connectivity index (χ4v) is 2.11. The summed E-state index contributed by atoms with van der Waals surface area (Å²) in [6.07, 6.45) is 0.659. The Morgan fingerprint density at radius 1 is 1.45 bits per heavy atom. The Morgan fingerprint density at radius 3 is 2.65 bits per heavy atom. The smallest absolute Gasteiger partial charge is 0.306 e. The van der Waals surface area contributed by atoms with Gasteiger partial charge in [-0.05, 0) is 19.3 Å². The van der Waals surface area contributed by atoms with Gasteiger partial charge in [0, 0.05) is 6.61 Å². The number of ether oxygens (including phenoxy) is 2. The van der Waals surface area contributed by atoms with Gasteiger partial charge in [-0.25, -0.2) is 0 Å². The van der Waals surface area contributed by atoms with E-state index in [4.69, 9.17) is 15.2 Å². The minimum Gasteiger partial charge on any atom is -0.466 e. The van der Waals surface area contributed by atoms with Crippen LogP contribution in [-0.2, 0) is 23.9 Å². The van der Waals surface area contributed by atoms with Crippen LogP contribution in [0.1, 0.15) is 26.7 Å². The van der Waals surface area contributed by atoms with Gasteiger partial charge in [-0.2, -0.15) is 0 Å². The second-order valence-corrected chi connectivity index (χ2v) is 4.94. The number of nitrogens with two attached hydrogens (primary N) is 1. The summed E-state index contributed by atoms with van der Waals surface area (Å²) in [5.74, 6) is -2.01. The first kappa shape index (κ1) is 16.4. The molecule has 1 aliphatic rings. The predicted molar refractivity (Wildman–Crippen MR) is 70.5 cm³/mol. The van der Waals surface area contributed by atoms with E-state index in [1.54, 1.807) is 13.8 Å². The molecule has 1 saturated heterocycles. The lowest BCUT2D eigenvalue weighted by atomic mass is 9.96. The minimum atomic E-state index is -0.882. The first-order valence-electron chi connectivity index (χ1n) is 6.78. The molecule has 1 fully saturated rings. The van der Waals surface area contributed by atoms with Crippen molar-refractivity contribution < 1.29 is 23.9 Å². The molecule has 114 valence electrons. The van der Waals surface area contributed by atoms with E-state index in [0.29, 0.717) is 19.6 Å². The van der Waals surface area contributed by atoms with Crippen molar-refractivity contribution in [3.63, 3.8) is 0 Å². The highest BCUT2D eigenvalue weighted by Gasteiger charge is 2.31. The molecular formula is C13H22N2O5. The van der Waals surface area contributed by atoms with Crippen LogP contribution in [0.3, 0.4) is 0 Å². The van der Waals surface area contributed by atoms with E-state index in [-0.39, 0.29) is 24.9 Å². The zero-order chi connectivity index (χ0) is 15.1. The predicted octanol–water partition coefficient (Wildman–Crippen LogP) is -0.418. The third-order valence-electron chi connectivity index (χ3n) is 3.27. The maximum absolute atomic E-state index is 12.0. The van der Waals surface area contributed by atoms with Gasteiger partial charge in [0.1, 0.15) is 6.04 Å². The molecule has 0 aromatic rings. The average Bonchev–Trinajstić information content (AvgIpc) is 2.89. The second-order valence-electron chi connectivity index (χ2n) is 4.94. The molecule has 1 rings (SSSR count). The summed E-state index contributed by atoms with van der Waals surface area (Å²) >= 11 is 0. The number of rotatable bonds is 7. The minimum absolute atomic E-state index is 0.0306. The fourth-order valence-electron chi connectivity index (χ4n) is 2.11. The Bertz CT molecular complexity index is 366. The normalized spacial score (nSPS) is 21.0. The van der Waals surface area contributed by atoms with Gasteiger partial charge in [0.05, 0.1) is 25.6 Å². The lowest BCUT2D eigenvalue weighted by Crippen LogP contribution is -2.50. The second kappa shape index (κ2) is 7.84. The zero-order valence-electron chi connectivity index (χ0n) is 11.9. The monoisotopic (exact) mass is 286 g/mol. The molecule has 0 unspecified atom stereocenters. The van der Waals surface area contributed by atoms with E-state index in [2.05, 4.69) is 5.32 Å². The Labute approximate surface area is 118 Å². The van der Waals surface area contributed by atoms with Crippen molar-refractivity contribution in [1.82, 2.24) is 5.32 Å². The molecule has 0 spiro atoms. The average molecular weight is 286 g/mol. The number of hydrogen-bond donors (Lipinski definition) is 2. The van der Waals surface area contributed by atoms with Crippen molar-refractivity contribution in [3.8, 4) is 0 Å². The van der Waals surface area contributed by atoms with Gasteiger partial charge in [0.25, 0.3) is 0 Å². The van der Waals surface area contributed by atoms with Gasteiger partial charge < -0.3 is 20.5 Å². The van der Waals surface area contributed by atoms with Crippen LogP contribution in [-0.4, -0.2) is 43.6 Å². The summed E-state index contributed by atoms with van der Waals surface area (Å²) in [7, 11) is 0. The van der Waals surface area contributed by atoms with Crippen molar-refractivity contribution >= 4 is 17.8 Å². The van der Waals surface area contributed by atoms with Gasteiger partial charge in [-0.15, -0.1) is 0 Å². The molecule has 0 bridgehead atoms. The van der Waals surface area contributed by atoms with Gasteiger partial charge in [0.2, 0.25) is 11.8 Å². The van der Waals surface area contributed by atoms with Gasteiger partial charge >= 0.3 is 5.97 Å². The maximum Gasteiger partial charge on any atom is 0.306 e. The summed E-state index contributed by atoms with van der Waals surface area (Å²) in [5, 5.41) is 2.60. The van der Waals surface area contributed by atoms with Crippen LogP contribution in [0.4, 0.5) is 0 Å². The van der Waals surface area contributed by atoms with Crippen molar-refractivity contribution in [2.45, 2.75) is 32.7 Å². The van der Waals surface area contributed by atoms with Crippen LogP contribution in [0.15, 0.2) is 0 Å². The third kappa shape index (κ3) is 4.80. The lowest BCUT2D eigenvalue weighted by molar-refractivity contribution is -0.145. The first-order valence-corrected chi connectivity index (χ1v) is 6.78. The lowest BCUT2D eigenvalue weighted by Gasteiger charge is -2.23. The summed E-state index contributed by atoms with van der Waals surface area (Å²) in [6, 6.07) is -0.882. The molecule has 1 aliphatic heterocycles. The summed E-state index contributed by atoms with van der Waals surface area (Å²) < 4.78 is 9.95. The van der Waals surface area contributed by atoms with Crippen LogP contribution in [0.25, 0.3) is 0 Å². The van der Waals surface area contributed by atoms with Crippen molar-refractivity contribution in [1.29, 1.82) is 0 Å². The van der Waals surface area contributed by atoms with Crippen LogP contribution < -0.4 is 11.1 Å². The molecule has 7 heteroatoms. The molecule has 7 nitrogen and oxygen atoms in total. The largest absolute Gasteiger partial charge is 0.466 e. The molecule has 0 aromatic carbocycles. The van der Waals surface area contributed by atoms with E-state index >= 15 is 0 Å². The van der Waals surface area contributed by atoms with E-state index < -0.39 is 23.8 Å². The number of esters is 1. The highest BCUT2D eigenvalue weighted by Crippen LogP contribution is 2.15.